The van der Waals surface area contributed by atoms with E-state index < -0.39 is 10.0 Å². The molecule has 1 amide bonds. The fraction of sp³-hybridized carbons (Fsp3) is 0.450. The van der Waals surface area contributed by atoms with Crippen LogP contribution in [0.3, 0.4) is 0 Å². The molecule has 2 heterocycles. The van der Waals surface area contributed by atoms with Crippen molar-refractivity contribution in [2.75, 3.05) is 13.1 Å². The SMILES string of the molecule is CC(C)N(Cc1ccccc1)C(=O)Cc1ccc(S(=O)(=O)N2CCCC2)s1. The molecule has 0 unspecified atom stereocenters. The largest absolute Gasteiger partial charge is 0.336 e. The van der Waals surface area contributed by atoms with E-state index in [-0.39, 0.29) is 18.4 Å². The predicted molar refractivity (Wildman–Crippen MR) is 108 cm³/mol. The molecule has 2 aromatic rings. The minimum atomic E-state index is -3.41. The maximum absolute atomic E-state index is 12.8. The molecule has 1 aliphatic rings. The van der Waals surface area contributed by atoms with Crippen LogP contribution in [-0.4, -0.2) is 42.7 Å². The van der Waals surface area contributed by atoms with Gasteiger partial charge in [0, 0.05) is 30.6 Å². The predicted octanol–water partition coefficient (Wildman–Crippen LogP) is 3.51. The van der Waals surface area contributed by atoms with Crippen LogP contribution in [0, 0.1) is 0 Å². The van der Waals surface area contributed by atoms with Crippen LogP contribution in [-0.2, 0) is 27.8 Å². The van der Waals surface area contributed by atoms with E-state index in [4.69, 9.17) is 0 Å². The quantitative estimate of drug-likeness (QED) is 0.707. The highest BCUT2D eigenvalue weighted by Gasteiger charge is 2.29. The molecular formula is C20H26N2O3S2. The molecule has 0 bridgehead atoms. The Morgan fingerprint density at radius 3 is 2.41 bits per heavy atom. The number of hydrogen-bond acceptors (Lipinski definition) is 4. The summed E-state index contributed by atoms with van der Waals surface area (Å²) in [6, 6.07) is 13.4. The third-order valence-corrected chi connectivity index (χ3v) is 8.21. The van der Waals surface area contributed by atoms with Crippen LogP contribution in [0.25, 0.3) is 0 Å². The first kappa shape index (κ1) is 20.0. The van der Waals surface area contributed by atoms with Crippen molar-refractivity contribution in [3.05, 3.63) is 52.9 Å². The highest BCUT2D eigenvalue weighted by Crippen LogP contribution is 2.28. The molecular weight excluding hydrogens is 380 g/mol. The fourth-order valence-electron chi connectivity index (χ4n) is 3.24. The minimum Gasteiger partial charge on any atom is -0.336 e. The lowest BCUT2D eigenvalue weighted by Gasteiger charge is -2.27. The third kappa shape index (κ3) is 4.78. The van der Waals surface area contributed by atoms with Crippen molar-refractivity contribution in [3.63, 3.8) is 0 Å². The Hall–Kier alpha value is -1.70. The van der Waals surface area contributed by atoms with Crippen molar-refractivity contribution in [1.29, 1.82) is 0 Å². The van der Waals surface area contributed by atoms with Crippen molar-refractivity contribution < 1.29 is 13.2 Å². The summed E-state index contributed by atoms with van der Waals surface area (Å²) in [4.78, 5) is 15.5. The van der Waals surface area contributed by atoms with Gasteiger partial charge in [0.05, 0.1) is 6.42 Å². The number of rotatable bonds is 7. The first-order chi connectivity index (χ1) is 12.9. The summed E-state index contributed by atoms with van der Waals surface area (Å²) in [6.45, 7) is 5.73. The van der Waals surface area contributed by atoms with E-state index in [1.165, 1.54) is 11.3 Å². The van der Waals surface area contributed by atoms with Crippen molar-refractivity contribution in [3.8, 4) is 0 Å². The first-order valence-electron chi connectivity index (χ1n) is 9.30. The minimum absolute atomic E-state index is 0.0147. The van der Waals surface area contributed by atoms with Gasteiger partial charge in [-0.2, -0.15) is 4.31 Å². The molecule has 1 fully saturated rings. The van der Waals surface area contributed by atoms with Gasteiger partial charge in [0.15, 0.2) is 0 Å². The Morgan fingerprint density at radius 2 is 1.78 bits per heavy atom. The average Bonchev–Trinajstić information content (AvgIpc) is 3.32. The Balaban J connectivity index is 1.70. The van der Waals surface area contributed by atoms with Gasteiger partial charge in [-0.15, -0.1) is 11.3 Å². The highest BCUT2D eigenvalue weighted by atomic mass is 32.2. The van der Waals surface area contributed by atoms with Gasteiger partial charge in [-0.05, 0) is 44.4 Å². The zero-order valence-corrected chi connectivity index (χ0v) is 17.4. The van der Waals surface area contributed by atoms with Gasteiger partial charge in [0.2, 0.25) is 5.91 Å². The van der Waals surface area contributed by atoms with E-state index in [0.29, 0.717) is 23.8 Å². The van der Waals surface area contributed by atoms with Crippen molar-refractivity contribution in [1.82, 2.24) is 9.21 Å². The summed E-state index contributed by atoms with van der Waals surface area (Å²) in [5.74, 6) is 0.0147. The summed E-state index contributed by atoms with van der Waals surface area (Å²) in [6.07, 6.45) is 2.06. The molecule has 7 heteroatoms. The number of sulfonamides is 1. The molecule has 27 heavy (non-hydrogen) atoms. The van der Waals surface area contributed by atoms with E-state index in [0.717, 1.165) is 23.3 Å². The Bertz CT molecular complexity index is 870. The van der Waals surface area contributed by atoms with Gasteiger partial charge in [-0.25, -0.2) is 8.42 Å². The summed E-state index contributed by atoms with van der Waals surface area (Å²) in [7, 11) is -3.41. The molecule has 146 valence electrons. The molecule has 0 N–H and O–H groups in total. The molecule has 0 atom stereocenters. The second-order valence-electron chi connectivity index (χ2n) is 7.11. The van der Waals surface area contributed by atoms with Crippen LogP contribution in [0.1, 0.15) is 37.1 Å². The van der Waals surface area contributed by atoms with E-state index in [2.05, 4.69) is 0 Å². The molecule has 1 aromatic heterocycles. The number of hydrogen-bond donors (Lipinski definition) is 0. The molecule has 3 rings (SSSR count). The second-order valence-corrected chi connectivity index (χ2v) is 10.4. The Labute approximate surface area is 165 Å². The van der Waals surface area contributed by atoms with Crippen LogP contribution in [0.4, 0.5) is 0 Å². The number of nitrogens with zero attached hydrogens (tertiary/aromatic N) is 2. The molecule has 0 spiro atoms. The summed E-state index contributed by atoms with van der Waals surface area (Å²) in [5.41, 5.74) is 1.09. The smallest absolute Gasteiger partial charge is 0.252 e. The molecule has 0 aliphatic carbocycles. The lowest BCUT2D eigenvalue weighted by Crippen LogP contribution is -2.37. The highest BCUT2D eigenvalue weighted by molar-refractivity contribution is 7.91. The van der Waals surface area contributed by atoms with E-state index in [9.17, 15) is 13.2 Å². The molecule has 1 saturated heterocycles. The molecule has 1 aromatic carbocycles. The van der Waals surface area contributed by atoms with Gasteiger partial charge in [0.25, 0.3) is 10.0 Å². The molecule has 0 radical (unpaired) electrons. The zero-order chi connectivity index (χ0) is 19.4. The van der Waals surface area contributed by atoms with Crippen LogP contribution in [0.2, 0.25) is 0 Å². The van der Waals surface area contributed by atoms with E-state index in [1.807, 2.05) is 49.1 Å². The summed E-state index contributed by atoms with van der Waals surface area (Å²) < 4.78 is 27.2. The van der Waals surface area contributed by atoms with Crippen molar-refractivity contribution >= 4 is 27.3 Å². The number of carbonyl (C=O) groups is 1. The number of amides is 1. The Morgan fingerprint density at radius 1 is 1.11 bits per heavy atom. The van der Waals surface area contributed by atoms with Crippen LogP contribution >= 0.6 is 11.3 Å². The lowest BCUT2D eigenvalue weighted by atomic mass is 10.1. The van der Waals surface area contributed by atoms with Crippen molar-refractivity contribution in [2.24, 2.45) is 0 Å². The average molecular weight is 407 g/mol. The topological polar surface area (TPSA) is 57.7 Å². The van der Waals surface area contributed by atoms with E-state index in [1.54, 1.807) is 16.4 Å². The Kier molecular flexibility index (Phi) is 6.34. The molecule has 1 aliphatic heterocycles. The monoisotopic (exact) mass is 406 g/mol. The van der Waals surface area contributed by atoms with Crippen LogP contribution < -0.4 is 0 Å². The normalized spacial score (nSPS) is 15.4. The number of thiophene rings is 1. The second kappa shape index (κ2) is 8.54. The zero-order valence-electron chi connectivity index (χ0n) is 15.8. The van der Waals surface area contributed by atoms with Gasteiger partial charge in [-0.3, -0.25) is 4.79 Å². The van der Waals surface area contributed by atoms with Gasteiger partial charge >= 0.3 is 0 Å². The summed E-state index contributed by atoms with van der Waals surface area (Å²) >= 11 is 1.21. The van der Waals surface area contributed by atoms with Crippen LogP contribution in [0.15, 0.2) is 46.7 Å². The maximum Gasteiger partial charge on any atom is 0.252 e. The van der Waals surface area contributed by atoms with Crippen molar-refractivity contribution in [2.45, 2.75) is 49.9 Å². The van der Waals surface area contributed by atoms with E-state index >= 15 is 0 Å². The number of benzene rings is 1. The standard InChI is InChI=1S/C20H26N2O3S2/c1-16(2)22(15-17-8-4-3-5-9-17)19(23)14-18-10-11-20(26-18)27(24,25)21-12-6-7-13-21/h3-5,8-11,16H,6-7,12-15H2,1-2H3. The van der Waals surface area contributed by atoms with Gasteiger partial charge in [0.1, 0.15) is 4.21 Å². The van der Waals surface area contributed by atoms with Crippen LogP contribution in [0.5, 0.6) is 0 Å². The lowest BCUT2D eigenvalue weighted by molar-refractivity contribution is -0.132. The first-order valence-corrected chi connectivity index (χ1v) is 11.6. The molecule has 5 nitrogen and oxygen atoms in total. The molecule has 0 saturated carbocycles. The third-order valence-electron chi connectivity index (χ3n) is 4.76. The maximum atomic E-state index is 12.8. The summed E-state index contributed by atoms with van der Waals surface area (Å²) in [5, 5.41) is 0. The fourth-order valence-corrected chi connectivity index (χ4v) is 6.26. The van der Waals surface area contributed by atoms with Gasteiger partial charge < -0.3 is 4.90 Å². The number of carbonyl (C=O) groups excluding carboxylic acids is 1. The van der Waals surface area contributed by atoms with Gasteiger partial charge in [-0.1, -0.05) is 30.3 Å².